The number of aliphatic hydroxyl groups excluding tert-OH is 1. The normalized spacial score (nSPS) is 11.9. The van der Waals surface area contributed by atoms with Crippen LogP contribution in [0.25, 0.3) is 11.1 Å². The highest BCUT2D eigenvalue weighted by molar-refractivity contribution is 5.71. The Kier molecular flexibility index (Phi) is 3.83. The summed E-state index contributed by atoms with van der Waals surface area (Å²) in [5.41, 5.74) is 0.154. The molecule has 2 aromatic carbocycles. The Morgan fingerprint density at radius 1 is 0.950 bits per heavy atom. The molecule has 0 aliphatic carbocycles. The maximum atomic E-state index is 13.1. The SMILES string of the molecule is Cc1ccccc1-c1ccc(C(O)O)cc1C(F)(F)F. The molecule has 0 spiro atoms. The fourth-order valence-electron chi connectivity index (χ4n) is 2.07. The molecule has 0 fully saturated rings. The van der Waals surface area contributed by atoms with Crippen LogP contribution in [0.5, 0.6) is 0 Å². The van der Waals surface area contributed by atoms with Crippen LogP contribution in [0.3, 0.4) is 0 Å². The van der Waals surface area contributed by atoms with Crippen LogP contribution in [-0.4, -0.2) is 10.2 Å². The molecule has 106 valence electrons. The van der Waals surface area contributed by atoms with Crippen LogP contribution in [0.4, 0.5) is 13.2 Å². The van der Waals surface area contributed by atoms with Crippen molar-refractivity contribution in [3.05, 3.63) is 59.2 Å². The summed E-state index contributed by atoms with van der Waals surface area (Å²) in [5.74, 6) is 0. The molecule has 2 aromatic rings. The van der Waals surface area contributed by atoms with Crippen LogP contribution in [0.15, 0.2) is 42.5 Å². The molecule has 0 aliphatic rings. The van der Waals surface area contributed by atoms with Crippen LogP contribution < -0.4 is 0 Å². The minimum absolute atomic E-state index is 0.0278. The number of aryl methyl sites for hydroxylation is 1. The minimum atomic E-state index is -4.57. The van der Waals surface area contributed by atoms with E-state index >= 15 is 0 Å². The first-order valence-corrected chi connectivity index (χ1v) is 5.94. The molecule has 0 aromatic heterocycles. The molecule has 0 heterocycles. The van der Waals surface area contributed by atoms with E-state index in [0.717, 1.165) is 11.6 Å². The van der Waals surface area contributed by atoms with Crippen molar-refractivity contribution in [3.63, 3.8) is 0 Å². The number of alkyl halides is 3. The molecule has 0 aliphatic heterocycles. The van der Waals surface area contributed by atoms with Gasteiger partial charge in [0, 0.05) is 5.56 Å². The van der Waals surface area contributed by atoms with Crippen LogP contribution in [-0.2, 0) is 6.18 Å². The van der Waals surface area contributed by atoms with Crippen molar-refractivity contribution >= 4 is 0 Å². The van der Waals surface area contributed by atoms with Crippen molar-refractivity contribution in [1.82, 2.24) is 0 Å². The lowest BCUT2D eigenvalue weighted by molar-refractivity contribution is -0.137. The highest BCUT2D eigenvalue weighted by Crippen LogP contribution is 2.39. The van der Waals surface area contributed by atoms with Gasteiger partial charge in [-0.1, -0.05) is 36.4 Å². The van der Waals surface area contributed by atoms with Crippen LogP contribution in [0.2, 0.25) is 0 Å². The van der Waals surface area contributed by atoms with E-state index in [1.165, 1.54) is 12.1 Å². The van der Waals surface area contributed by atoms with Crippen molar-refractivity contribution in [2.24, 2.45) is 0 Å². The second-order valence-electron chi connectivity index (χ2n) is 4.49. The second kappa shape index (κ2) is 5.26. The van der Waals surface area contributed by atoms with Gasteiger partial charge in [0.2, 0.25) is 0 Å². The smallest absolute Gasteiger partial charge is 0.364 e. The predicted octanol–water partition coefficient (Wildman–Crippen LogP) is 3.66. The maximum Gasteiger partial charge on any atom is 0.417 e. The number of hydrogen-bond acceptors (Lipinski definition) is 2. The van der Waals surface area contributed by atoms with E-state index in [2.05, 4.69) is 0 Å². The van der Waals surface area contributed by atoms with E-state index in [0.29, 0.717) is 5.56 Å². The Morgan fingerprint density at radius 3 is 2.15 bits per heavy atom. The average molecular weight is 282 g/mol. The summed E-state index contributed by atoms with van der Waals surface area (Å²) >= 11 is 0. The molecule has 0 atom stereocenters. The number of aliphatic hydroxyl groups is 2. The zero-order valence-electron chi connectivity index (χ0n) is 10.6. The summed E-state index contributed by atoms with van der Waals surface area (Å²) < 4.78 is 39.4. The van der Waals surface area contributed by atoms with Gasteiger partial charge < -0.3 is 10.2 Å². The minimum Gasteiger partial charge on any atom is -0.364 e. The van der Waals surface area contributed by atoms with E-state index < -0.39 is 18.0 Å². The van der Waals surface area contributed by atoms with Gasteiger partial charge in [-0.3, -0.25) is 0 Å². The molecule has 0 radical (unpaired) electrons. The molecule has 0 amide bonds. The number of rotatable bonds is 2. The monoisotopic (exact) mass is 282 g/mol. The van der Waals surface area contributed by atoms with E-state index in [-0.39, 0.29) is 11.1 Å². The summed E-state index contributed by atoms with van der Waals surface area (Å²) in [5, 5.41) is 18.0. The Hall–Kier alpha value is -1.85. The fraction of sp³-hybridized carbons (Fsp3) is 0.200. The zero-order chi connectivity index (χ0) is 14.9. The molecule has 0 bridgehead atoms. The lowest BCUT2D eigenvalue weighted by Crippen LogP contribution is -2.09. The van der Waals surface area contributed by atoms with Crippen molar-refractivity contribution in [3.8, 4) is 11.1 Å². The molecular weight excluding hydrogens is 269 g/mol. The molecule has 20 heavy (non-hydrogen) atoms. The Balaban J connectivity index is 2.68. The van der Waals surface area contributed by atoms with Crippen molar-refractivity contribution in [2.45, 2.75) is 19.4 Å². The topological polar surface area (TPSA) is 40.5 Å². The summed E-state index contributed by atoms with van der Waals surface area (Å²) in [6.45, 7) is 1.73. The first-order valence-electron chi connectivity index (χ1n) is 5.94. The van der Waals surface area contributed by atoms with Gasteiger partial charge in [-0.2, -0.15) is 13.2 Å². The van der Waals surface area contributed by atoms with Crippen LogP contribution in [0, 0.1) is 6.92 Å². The Bertz CT molecular complexity index is 619. The van der Waals surface area contributed by atoms with Gasteiger partial charge in [0.05, 0.1) is 5.56 Å². The van der Waals surface area contributed by atoms with Crippen LogP contribution >= 0.6 is 0 Å². The van der Waals surface area contributed by atoms with E-state index in [1.807, 2.05) is 0 Å². The van der Waals surface area contributed by atoms with Crippen molar-refractivity contribution in [1.29, 1.82) is 0 Å². The maximum absolute atomic E-state index is 13.1. The van der Waals surface area contributed by atoms with E-state index in [4.69, 9.17) is 10.2 Å². The molecule has 0 unspecified atom stereocenters. The van der Waals surface area contributed by atoms with E-state index in [1.54, 1.807) is 31.2 Å². The van der Waals surface area contributed by atoms with Crippen LogP contribution in [0.1, 0.15) is 23.0 Å². The quantitative estimate of drug-likeness (QED) is 0.825. The number of hydrogen-bond donors (Lipinski definition) is 2. The third-order valence-corrected chi connectivity index (χ3v) is 3.08. The van der Waals surface area contributed by atoms with Gasteiger partial charge in [-0.25, -0.2) is 0 Å². The second-order valence-corrected chi connectivity index (χ2v) is 4.49. The largest absolute Gasteiger partial charge is 0.417 e. The number of halogens is 3. The summed E-state index contributed by atoms with van der Waals surface area (Å²) in [6, 6.07) is 10.1. The first kappa shape index (κ1) is 14.6. The summed E-state index contributed by atoms with van der Waals surface area (Å²) in [7, 11) is 0. The van der Waals surface area contributed by atoms with Gasteiger partial charge in [0.15, 0.2) is 6.29 Å². The molecule has 2 rings (SSSR count). The number of benzene rings is 2. The van der Waals surface area contributed by atoms with Gasteiger partial charge >= 0.3 is 6.18 Å². The molecule has 2 N–H and O–H groups in total. The van der Waals surface area contributed by atoms with Gasteiger partial charge in [0.1, 0.15) is 0 Å². The molecule has 0 saturated carbocycles. The first-order chi connectivity index (χ1) is 9.30. The Labute approximate surface area is 114 Å². The van der Waals surface area contributed by atoms with Gasteiger partial charge in [-0.15, -0.1) is 0 Å². The highest BCUT2D eigenvalue weighted by Gasteiger charge is 2.34. The highest BCUT2D eigenvalue weighted by atomic mass is 19.4. The van der Waals surface area contributed by atoms with Crippen molar-refractivity contribution in [2.75, 3.05) is 0 Å². The van der Waals surface area contributed by atoms with Crippen molar-refractivity contribution < 1.29 is 23.4 Å². The predicted molar refractivity (Wildman–Crippen MR) is 68.8 cm³/mol. The molecule has 5 heteroatoms. The summed E-state index contributed by atoms with van der Waals surface area (Å²) in [6.07, 6.45) is -6.50. The fourth-order valence-corrected chi connectivity index (χ4v) is 2.07. The lowest BCUT2D eigenvalue weighted by atomic mass is 9.94. The standard InChI is InChI=1S/C15H13F3O2/c1-9-4-2-3-5-11(9)12-7-6-10(14(19)20)8-13(12)15(16,17)18/h2-8,14,19-20H,1H3. The molecular formula is C15H13F3O2. The molecule has 2 nitrogen and oxygen atoms in total. The third-order valence-electron chi connectivity index (χ3n) is 3.08. The van der Waals surface area contributed by atoms with Gasteiger partial charge in [-0.05, 0) is 29.7 Å². The third kappa shape index (κ3) is 2.84. The van der Waals surface area contributed by atoms with Gasteiger partial charge in [0.25, 0.3) is 0 Å². The zero-order valence-corrected chi connectivity index (χ0v) is 10.6. The van der Waals surface area contributed by atoms with E-state index in [9.17, 15) is 13.2 Å². The average Bonchev–Trinajstić information content (AvgIpc) is 2.37. The lowest BCUT2D eigenvalue weighted by Gasteiger charge is -2.16. The summed E-state index contributed by atoms with van der Waals surface area (Å²) in [4.78, 5) is 0. The Morgan fingerprint density at radius 2 is 1.60 bits per heavy atom. The molecule has 0 saturated heterocycles.